The first-order chi connectivity index (χ1) is 32.3. The Morgan fingerprint density at radius 2 is 1.30 bits per heavy atom. The number of nitrogens with zero attached hydrogens (tertiary/aromatic N) is 1. The molecule has 0 aliphatic carbocycles. The first-order valence-corrected chi connectivity index (χ1v) is 23.3. The van der Waals surface area contributed by atoms with Gasteiger partial charge in [-0.15, -0.1) is 0 Å². The van der Waals surface area contributed by atoms with Crippen LogP contribution in [0.3, 0.4) is 0 Å². The number of rotatable bonds is 24. The third-order valence-electron chi connectivity index (χ3n) is 9.86. The zero-order valence-corrected chi connectivity index (χ0v) is 38.1. The van der Waals surface area contributed by atoms with Crippen LogP contribution in [-0.4, -0.2) is 73.7 Å². The summed E-state index contributed by atoms with van der Waals surface area (Å²) >= 11 is -2.33. The summed E-state index contributed by atoms with van der Waals surface area (Å²) in [5.41, 5.74) is 2.91. The Labute approximate surface area is 390 Å². The zero-order chi connectivity index (χ0) is 47.8. The van der Waals surface area contributed by atoms with Crippen LogP contribution in [0, 0.1) is 6.92 Å². The lowest BCUT2D eigenvalue weighted by Gasteiger charge is -2.21. The van der Waals surface area contributed by atoms with Crippen molar-refractivity contribution in [2.45, 2.75) is 37.2 Å². The number of carboxylic acids is 1. The highest BCUT2D eigenvalue weighted by atomic mass is 32.2. The molecule has 2 unspecified atom stereocenters. The molecule has 0 aliphatic rings. The third kappa shape index (κ3) is 14.0. The summed E-state index contributed by atoms with van der Waals surface area (Å²) in [6.45, 7) is 2.30. The number of hydrogen-bond donors (Lipinski definition) is 3. The van der Waals surface area contributed by atoms with Gasteiger partial charge in [0.1, 0.15) is 60.4 Å². The third-order valence-corrected chi connectivity index (χ3v) is 12.0. The molecule has 0 bridgehead atoms. The number of sulfonamides is 1. The minimum Gasteiger partial charge on any atom is -0.490 e. The number of para-hydroxylation sites is 2. The molecular weight excluding hydrogens is 905 g/mol. The highest BCUT2D eigenvalue weighted by Crippen LogP contribution is 2.33. The molecule has 0 fully saturated rings. The van der Waals surface area contributed by atoms with Gasteiger partial charge >= 0.3 is 17.9 Å². The molecule has 6 rings (SSSR count). The van der Waals surface area contributed by atoms with Crippen LogP contribution in [-0.2, 0) is 46.8 Å². The second-order valence-corrected chi connectivity index (χ2v) is 17.1. The predicted octanol–water partition coefficient (Wildman–Crippen LogP) is 8.46. The van der Waals surface area contributed by atoms with E-state index in [1.807, 2.05) is 13.0 Å². The number of hydrogen-bond acceptors (Lipinski definition) is 12. The van der Waals surface area contributed by atoms with Crippen molar-refractivity contribution in [2.75, 3.05) is 42.6 Å². The number of carboxylic acid groups (broad SMARTS) is 1. The van der Waals surface area contributed by atoms with Gasteiger partial charge in [0.15, 0.2) is 0 Å². The number of nitrogens with one attached hydrogen (secondary N) is 1. The van der Waals surface area contributed by atoms with Crippen molar-refractivity contribution in [3.05, 3.63) is 168 Å². The van der Waals surface area contributed by atoms with Crippen molar-refractivity contribution >= 4 is 56.3 Å². The number of aryl methyl sites for hydroxylation is 2. The smallest absolute Gasteiger partial charge is 0.340 e. The van der Waals surface area contributed by atoms with E-state index in [1.165, 1.54) is 47.8 Å². The quantitative estimate of drug-likeness (QED) is 0.0295. The summed E-state index contributed by atoms with van der Waals surface area (Å²) in [7, 11) is -3.19. The van der Waals surface area contributed by atoms with Crippen LogP contribution < -0.4 is 28.0 Å². The van der Waals surface area contributed by atoms with E-state index in [-0.39, 0.29) is 54.7 Å². The molecule has 0 aliphatic heterocycles. The van der Waals surface area contributed by atoms with Crippen LogP contribution in [0.5, 0.6) is 23.0 Å². The first kappa shape index (κ1) is 49.0. The normalized spacial score (nSPS) is 11.9. The van der Waals surface area contributed by atoms with Gasteiger partial charge in [0.2, 0.25) is 0 Å². The van der Waals surface area contributed by atoms with E-state index in [2.05, 4.69) is 4.72 Å². The molecule has 0 spiro atoms. The highest BCUT2D eigenvalue weighted by Gasteiger charge is 2.29. The van der Waals surface area contributed by atoms with Crippen molar-refractivity contribution < 1.29 is 65.1 Å². The fourth-order valence-electron chi connectivity index (χ4n) is 6.70. The average molecular weight is 953 g/mol. The molecule has 6 aromatic rings. The van der Waals surface area contributed by atoms with Gasteiger partial charge in [-0.3, -0.25) is 18.9 Å². The largest absolute Gasteiger partial charge is 0.490 e. The van der Waals surface area contributed by atoms with E-state index in [1.54, 1.807) is 103 Å². The fraction of sp³-hybridized carbons (Fsp3) is 0.204. The zero-order valence-electron chi connectivity index (χ0n) is 36.4. The van der Waals surface area contributed by atoms with Crippen molar-refractivity contribution in [1.29, 1.82) is 0 Å². The van der Waals surface area contributed by atoms with E-state index >= 15 is 0 Å². The summed E-state index contributed by atoms with van der Waals surface area (Å²) in [6.07, 6.45) is -1.38. The number of carbonyl (C=O) groups is 3. The van der Waals surface area contributed by atoms with Crippen LogP contribution in [0.25, 0.3) is 0 Å². The Balaban J connectivity index is 1.06. The second kappa shape index (κ2) is 23.7. The summed E-state index contributed by atoms with van der Waals surface area (Å²) in [5, 5.41) is 9.03. The molecule has 0 saturated carbocycles. The Bertz CT molecular complexity index is 2770. The molecule has 16 nitrogen and oxygen atoms in total. The number of carbonyl (C=O) groups excluding carboxylic acids is 2. The van der Waals surface area contributed by atoms with Gasteiger partial charge < -0.3 is 33.5 Å². The fourth-order valence-corrected chi connectivity index (χ4v) is 8.55. The summed E-state index contributed by atoms with van der Waals surface area (Å²) in [5.74, 6) is -0.914. The predicted molar refractivity (Wildman–Crippen MR) is 250 cm³/mol. The second-order valence-electron chi connectivity index (χ2n) is 14.6. The monoisotopic (exact) mass is 952 g/mol. The van der Waals surface area contributed by atoms with E-state index in [0.717, 1.165) is 11.1 Å². The van der Waals surface area contributed by atoms with Gasteiger partial charge in [-0.2, -0.15) is 0 Å². The van der Waals surface area contributed by atoms with E-state index in [0.29, 0.717) is 40.6 Å². The van der Waals surface area contributed by atoms with Crippen molar-refractivity contribution in [1.82, 2.24) is 0 Å². The number of esters is 2. The molecule has 3 N–H and O–H groups in total. The van der Waals surface area contributed by atoms with Gasteiger partial charge in [-0.1, -0.05) is 60.7 Å². The molecule has 0 aromatic heterocycles. The van der Waals surface area contributed by atoms with Crippen LogP contribution >= 0.6 is 0 Å². The number of anilines is 3. The molecule has 2 atom stereocenters. The van der Waals surface area contributed by atoms with Crippen LogP contribution in [0.2, 0.25) is 0 Å². The summed E-state index contributed by atoms with van der Waals surface area (Å²) in [4.78, 5) is 37.1. The molecular formula is C49H48N2O14S2. The average Bonchev–Trinajstić information content (AvgIpc) is 3.32. The molecule has 0 amide bonds. The Hall–Kier alpha value is -7.41. The van der Waals surface area contributed by atoms with E-state index in [4.69, 9.17) is 33.5 Å². The van der Waals surface area contributed by atoms with Crippen LogP contribution in [0.15, 0.2) is 150 Å². The minimum atomic E-state index is -4.37. The maximum absolute atomic E-state index is 13.9. The molecule has 18 heteroatoms. The topological polar surface area (TPSA) is 214 Å². The molecule has 0 heterocycles. The number of benzene rings is 6. The van der Waals surface area contributed by atoms with Gasteiger partial charge in [-0.25, -0.2) is 21.7 Å². The summed E-state index contributed by atoms with van der Waals surface area (Å²) < 4.78 is 87.8. The lowest BCUT2D eigenvalue weighted by molar-refractivity contribution is -0.143. The molecule has 350 valence electrons. The maximum Gasteiger partial charge on any atom is 0.340 e. The SMILES string of the molecule is COC(=O)CC(OC(=O)c1ccccc1S(=O)(=O)Nc1ccc(OCCOc2ccccc2CCC(=O)O)cc1)c1ccccc1OCCOc1ccc(N(c2cccc(C)c2)S(=O)O)cc1. The number of aliphatic carboxylic acids is 1. The lowest BCUT2D eigenvalue weighted by Crippen LogP contribution is -2.21. The van der Waals surface area contributed by atoms with Gasteiger partial charge in [0, 0.05) is 17.7 Å². The molecule has 0 saturated heterocycles. The lowest BCUT2D eigenvalue weighted by atomic mass is 10.0. The Morgan fingerprint density at radius 1 is 0.701 bits per heavy atom. The first-order valence-electron chi connectivity index (χ1n) is 20.8. The molecule has 0 radical (unpaired) electrons. The Morgan fingerprint density at radius 3 is 1.96 bits per heavy atom. The Kier molecular flexibility index (Phi) is 17.3. The standard InChI is InChI=1S/C49H48N2O14S2/c1-34-10-9-12-38(32-34)51(66(56)57)37-21-25-40(26-22-37)62-29-31-64-44-16-7-4-13-41(44)45(33-48(54)60-2)65-49(55)42-14-5-8-17-46(42)67(58,59)50-36-19-23-39(24-20-36)61-28-30-63-43-15-6-3-11-35(43)18-27-47(52)53/h3-17,19-26,32,45,50H,18,27-31,33H2,1-2H3,(H,52,53)(H,56,57). The summed E-state index contributed by atoms with van der Waals surface area (Å²) in [6, 6.07) is 39.1. The van der Waals surface area contributed by atoms with Crippen molar-refractivity contribution in [3.63, 3.8) is 0 Å². The van der Waals surface area contributed by atoms with Crippen LogP contribution in [0.4, 0.5) is 17.1 Å². The van der Waals surface area contributed by atoms with E-state index < -0.39 is 51.7 Å². The van der Waals surface area contributed by atoms with Crippen molar-refractivity contribution in [3.8, 4) is 23.0 Å². The molecule has 6 aromatic carbocycles. The van der Waals surface area contributed by atoms with Gasteiger partial charge in [0.05, 0.1) is 30.5 Å². The number of methoxy groups -OCH3 is 1. The minimum absolute atomic E-state index is 0.0224. The van der Waals surface area contributed by atoms with Crippen molar-refractivity contribution in [2.24, 2.45) is 0 Å². The van der Waals surface area contributed by atoms with Crippen LogP contribution in [0.1, 0.15) is 46.0 Å². The van der Waals surface area contributed by atoms with E-state index in [9.17, 15) is 31.6 Å². The number of ether oxygens (including phenoxy) is 6. The van der Waals surface area contributed by atoms with Gasteiger partial charge in [0.25, 0.3) is 21.3 Å². The molecule has 67 heavy (non-hydrogen) atoms. The highest BCUT2D eigenvalue weighted by molar-refractivity contribution is 7.92. The van der Waals surface area contributed by atoms with Gasteiger partial charge in [-0.05, 0) is 109 Å². The maximum atomic E-state index is 13.9.